The third-order valence-corrected chi connectivity index (χ3v) is 3.63. The summed E-state index contributed by atoms with van der Waals surface area (Å²) in [7, 11) is 1.66. The van der Waals surface area contributed by atoms with Gasteiger partial charge in [0.1, 0.15) is 5.75 Å². The first-order chi connectivity index (χ1) is 10.3. The number of rotatable bonds is 5. The number of benzene rings is 2. The predicted molar refractivity (Wildman–Crippen MR) is 82.8 cm³/mol. The van der Waals surface area contributed by atoms with Gasteiger partial charge in [0.2, 0.25) is 0 Å². The van der Waals surface area contributed by atoms with Gasteiger partial charge in [-0.25, -0.2) is 4.98 Å². The Kier molecular flexibility index (Phi) is 3.85. The smallest absolute Gasteiger partial charge is 0.118 e. The second-order valence-corrected chi connectivity index (χ2v) is 4.88. The van der Waals surface area contributed by atoms with Crippen molar-refractivity contribution in [2.24, 2.45) is 5.84 Å². The van der Waals surface area contributed by atoms with Crippen molar-refractivity contribution in [3.8, 4) is 5.75 Å². The van der Waals surface area contributed by atoms with Gasteiger partial charge in [0, 0.05) is 6.54 Å². The van der Waals surface area contributed by atoms with Gasteiger partial charge in [-0.2, -0.15) is 0 Å². The Bertz CT molecular complexity index is 720. The molecule has 5 heteroatoms. The molecule has 0 aliphatic carbocycles. The number of fused-ring (bicyclic) bond motifs is 1. The van der Waals surface area contributed by atoms with Crippen molar-refractivity contribution < 1.29 is 4.74 Å². The topological polar surface area (TPSA) is 65.1 Å². The molecule has 0 spiro atoms. The normalized spacial score (nSPS) is 12.5. The van der Waals surface area contributed by atoms with Crippen molar-refractivity contribution in [3.63, 3.8) is 0 Å². The Morgan fingerprint density at radius 2 is 1.95 bits per heavy atom. The van der Waals surface area contributed by atoms with Crippen LogP contribution in [0.15, 0.2) is 54.9 Å². The molecule has 108 valence electrons. The number of imidazole rings is 1. The van der Waals surface area contributed by atoms with Gasteiger partial charge in [-0.05, 0) is 29.8 Å². The van der Waals surface area contributed by atoms with Crippen LogP contribution in [0.4, 0.5) is 0 Å². The molecule has 0 saturated carbocycles. The average Bonchev–Trinajstić information content (AvgIpc) is 2.96. The lowest BCUT2D eigenvalue weighted by Crippen LogP contribution is -2.31. The van der Waals surface area contributed by atoms with E-state index in [9.17, 15) is 0 Å². The summed E-state index contributed by atoms with van der Waals surface area (Å²) in [5.41, 5.74) is 6.07. The molecule has 0 amide bonds. The monoisotopic (exact) mass is 282 g/mol. The molecule has 21 heavy (non-hydrogen) atoms. The number of hydrogen-bond acceptors (Lipinski definition) is 4. The molecular formula is C16H18N4O. The summed E-state index contributed by atoms with van der Waals surface area (Å²) in [5.74, 6) is 6.56. The number of hydrazine groups is 1. The Balaban J connectivity index is 1.86. The summed E-state index contributed by atoms with van der Waals surface area (Å²) in [6.45, 7) is 0.712. The molecule has 5 nitrogen and oxygen atoms in total. The number of nitrogens with one attached hydrogen (secondary N) is 1. The van der Waals surface area contributed by atoms with E-state index < -0.39 is 0 Å². The van der Waals surface area contributed by atoms with E-state index in [0.29, 0.717) is 6.54 Å². The van der Waals surface area contributed by atoms with Crippen LogP contribution >= 0.6 is 0 Å². The van der Waals surface area contributed by atoms with E-state index in [4.69, 9.17) is 10.6 Å². The summed E-state index contributed by atoms with van der Waals surface area (Å²) in [6.07, 6.45) is 1.85. The van der Waals surface area contributed by atoms with E-state index in [1.54, 1.807) is 7.11 Å². The van der Waals surface area contributed by atoms with E-state index in [2.05, 4.69) is 21.0 Å². The standard InChI is InChI=1S/C16H18N4O/c1-21-13-8-6-12(7-9-13)15(19-17)10-20-11-18-14-4-2-3-5-16(14)20/h2-9,11,15,19H,10,17H2,1H3. The minimum absolute atomic E-state index is 0.00788. The van der Waals surface area contributed by atoms with Crippen molar-refractivity contribution in [2.45, 2.75) is 12.6 Å². The largest absolute Gasteiger partial charge is 0.497 e. The van der Waals surface area contributed by atoms with E-state index in [-0.39, 0.29) is 6.04 Å². The SMILES string of the molecule is COc1ccc(C(Cn2cnc3ccccc32)NN)cc1. The number of nitrogens with two attached hydrogens (primary N) is 1. The van der Waals surface area contributed by atoms with Crippen LogP contribution in [-0.4, -0.2) is 16.7 Å². The minimum Gasteiger partial charge on any atom is -0.497 e. The molecule has 0 aliphatic heterocycles. The number of ether oxygens (including phenoxy) is 1. The predicted octanol–water partition coefficient (Wildman–Crippen LogP) is 2.25. The first-order valence-corrected chi connectivity index (χ1v) is 6.82. The van der Waals surface area contributed by atoms with Gasteiger partial charge in [-0.15, -0.1) is 0 Å². The number of hydrogen-bond donors (Lipinski definition) is 2. The minimum atomic E-state index is 0.00788. The van der Waals surface area contributed by atoms with Gasteiger partial charge < -0.3 is 9.30 Å². The van der Waals surface area contributed by atoms with Crippen molar-refractivity contribution in [3.05, 3.63) is 60.4 Å². The first kappa shape index (κ1) is 13.6. The molecule has 0 radical (unpaired) electrons. The van der Waals surface area contributed by atoms with E-state index in [1.165, 1.54) is 0 Å². The zero-order valence-electron chi connectivity index (χ0n) is 11.9. The maximum Gasteiger partial charge on any atom is 0.118 e. The van der Waals surface area contributed by atoms with Gasteiger partial charge >= 0.3 is 0 Å². The van der Waals surface area contributed by atoms with Crippen molar-refractivity contribution >= 4 is 11.0 Å². The fraction of sp³-hybridized carbons (Fsp3) is 0.188. The molecule has 0 fully saturated rings. The van der Waals surface area contributed by atoms with Crippen molar-refractivity contribution in [1.82, 2.24) is 15.0 Å². The molecule has 1 unspecified atom stereocenters. The highest BCUT2D eigenvalue weighted by atomic mass is 16.5. The molecule has 3 aromatic rings. The van der Waals surface area contributed by atoms with E-state index >= 15 is 0 Å². The molecule has 0 aliphatic rings. The summed E-state index contributed by atoms with van der Waals surface area (Å²) < 4.78 is 7.28. The fourth-order valence-electron chi connectivity index (χ4n) is 2.44. The lowest BCUT2D eigenvalue weighted by atomic mass is 10.1. The Morgan fingerprint density at radius 3 is 2.67 bits per heavy atom. The Labute approximate surface area is 123 Å². The maximum absolute atomic E-state index is 5.72. The molecule has 2 aromatic carbocycles. The van der Waals surface area contributed by atoms with Crippen LogP contribution in [-0.2, 0) is 6.54 Å². The number of nitrogens with zero attached hydrogens (tertiary/aromatic N) is 2. The first-order valence-electron chi connectivity index (χ1n) is 6.82. The molecule has 0 bridgehead atoms. The second kappa shape index (κ2) is 5.95. The maximum atomic E-state index is 5.72. The molecule has 1 heterocycles. The van der Waals surface area contributed by atoms with Crippen molar-refractivity contribution in [2.75, 3.05) is 7.11 Å². The summed E-state index contributed by atoms with van der Waals surface area (Å²) in [5, 5.41) is 0. The van der Waals surface area contributed by atoms with Crippen LogP contribution in [0, 0.1) is 0 Å². The Morgan fingerprint density at radius 1 is 1.19 bits per heavy atom. The van der Waals surface area contributed by atoms with Crippen LogP contribution in [0.1, 0.15) is 11.6 Å². The number of aromatic nitrogens is 2. The van der Waals surface area contributed by atoms with Gasteiger partial charge in [0.25, 0.3) is 0 Å². The molecule has 1 atom stereocenters. The zero-order valence-corrected chi connectivity index (χ0v) is 11.9. The lowest BCUT2D eigenvalue weighted by molar-refractivity contribution is 0.413. The highest BCUT2D eigenvalue weighted by Crippen LogP contribution is 2.20. The highest BCUT2D eigenvalue weighted by molar-refractivity contribution is 5.74. The molecule has 3 N–H and O–H groups in total. The van der Waals surface area contributed by atoms with E-state index in [0.717, 1.165) is 22.3 Å². The third kappa shape index (κ3) is 2.74. The van der Waals surface area contributed by atoms with Gasteiger partial charge in [-0.3, -0.25) is 11.3 Å². The fourth-order valence-corrected chi connectivity index (χ4v) is 2.44. The lowest BCUT2D eigenvalue weighted by Gasteiger charge is -2.17. The average molecular weight is 282 g/mol. The molecular weight excluding hydrogens is 264 g/mol. The van der Waals surface area contributed by atoms with Crippen LogP contribution in [0.3, 0.4) is 0 Å². The van der Waals surface area contributed by atoms with Crippen LogP contribution in [0.25, 0.3) is 11.0 Å². The summed E-state index contributed by atoms with van der Waals surface area (Å²) in [6, 6.07) is 16.0. The number of methoxy groups -OCH3 is 1. The van der Waals surface area contributed by atoms with Crippen LogP contribution in [0.5, 0.6) is 5.75 Å². The zero-order chi connectivity index (χ0) is 14.7. The van der Waals surface area contributed by atoms with E-state index in [1.807, 2.05) is 48.8 Å². The molecule has 3 rings (SSSR count). The van der Waals surface area contributed by atoms with Crippen LogP contribution < -0.4 is 16.0 Å². The van der Waals surface area contributed by atoms with Crippen molar-refractivity contribution in [1.29, 1.82) is 0 Å². The third-order valence-electron chi connectivity index (χ3n) is 3.63. The highest BCUT2D eigenvalue weighted by Gasteiger charge is 2.12. The molecule has 1 aromatic heterocycles. The quantitative estimate of drug-likeness (QED) is 0.556. The van der Waals surface area contributed by atoms with Crippen LogP contribution in [0.2, 0.25) is 0 Å². The summed E-state index contributed by atoms with van der Waals surface area (Å²) >= 11 is 0. The second-order valence-electron chi connectivity index (χ2n) is 4.88. The summed E-state index contributed by atoms with van der Waals surface area (Å²) in [4.78, 5) is 4.40. The number of para-hydroxylation sites is 2. The Hall–Kier alpha value is -2.37. The molecule has 0 saturated heterocycles. The van der Waals surface area contributed by atoms with Gasteiger partial charge in [-0.1, -0.05) is 24.3 Å². The van der Waals surface area contributed by atoms with Gasteiger partial charge in [0.15, 0.2) is 0 Å². The van der Waals surface area contributed by atoms with Gasteiger partial charge in [0.05, 0.1) is 30.5 Å².